The molecule has 3 N–H and O–H groups in total. The van der Waals surface area contributed by atoms with Crippen molar-refractivity contribution in [3.05, 3.63) is 23.8 Å². The number of aromatic carboxylic acids is 1. The Morgan fingerprint density at radius 2 is 1.95 bits per heavy atom. The first-order chi connectivity index (χ1) is 8.88. The molecule has 0 unspecified atom stereocenters. The lowest BCUT2D eigenvalue weighted by atomic mass is 10.1. The van der Waals surface area contributed by atoms with E-state index in [0.29, 0.717) is 17.9 Å². The van der Waals surface area contributed by atoms with Crippen LogP contribution in [0.2, 0.25) is 0 Å². The van der Waals surface area contributed by atoms with Crippen molar-refractivity contribution in [3.63, 3.8) is 0 Å². The lowest BCUT2D eigenvalue weighted by molar-refractivity contribution is -0.127. The second kappa shape index (κ2) is 6.08. The summed E-state index contributed by atoms with van der Waals surface area (Å²) < 4.78 is 0. The maximum atomic E-state index is 11.8. The lowest BCUT2D eigenvalue weighted by Crippen LogP contribution is -2.37. The first-order valence-electron chi connectivity index (χ1n) is 5.95. The van der Waals surface area contributed by atoms with Gasteiger partial charge in [0.25, 0.3) is 0 Å². The van der Waals surface area contributed by atoms with Gasteiger partial charge in [0.15, 0.2) is 0 Å². The number of carbonyl (C=O) groups is 2. The molecule has 6 heteroatoms. The quantitative estimate of drug-likeness (QED) is 0.772. The van der Waals surface area contributed by atoms with Crippen molar-refractivity contribution in [2.75, 3.05) is 37.8 Å². The number of hydrogen-bond acceptors (Lipinski definition) is 4. The van der Waals surface area contributed by atoms with Gasteiger partial charge in [-0.15, -0.1) is 0 Å². The highest BCUT2D eigenvalue weighted by atomic mass is 16.4. The molecule has 0 radical (unpaired) electrons. The number of benzene rings is 1. The van der Waals surface area contributed by atoms with Crippen molar-refractivity contribution in [1.82, 2.24) is 4.90 Å². The van der Waals surface area contributed by atoms with Crippen LogP contribution in [-0.2, 0) is 4.79 Å². The minimum Gasteiger partial charge on any atom is -0.478 e. The average molecular weight is 265 g/mol. The minimum atomic E-state index is -1.06. The van der Waals surface area contributed by atoms with Gasteiger partial charge in [-0.2, -0.15) is 0 Å². The number of carbonyl (C=O) groups excluding carboxylic acids is 1. The van der Waals surface area contributed by atoms with Crippen molar-refractivity contribution in [1.29, 1.82) is 0 Å². The topological polar surface area (TPSA) is 86.9 Å². The molecule has 6 nitrogen and oxygen atoms in total. The van der Waals surface area contributed by atoms with E-state index in [9.17, 15) is 14.7 Å². The normalized spacial score (nSPS) is 10.1. The molecule has 19 heavy (non-hydrogen) atoms. The summed E-state index contributed by atoms with van der Waals surface area (Å²) >= 11 is 0. The van der Waals surface area contributed by atoms with Crippen LogP contribution >= 0.6 is 0 Å². The van der Waals surface area contributed by atoms with E-state index in [4.69, 9.17) is 5.73 Å². The molecule has 104 valence electrons. The second-order valence-corrected chi connectivity index (χ2v) is 4.35. The highest BCUT2D eigenvalue weighted by molar-refractivity contribution is 5.99. The maximum absolute atomic E-state index is 11.8. The first kappa shape index (κ1) is 14.8. The van der Waals surface area contributed by atoms with Crippen molar-refractivity contribution in [2.24, 2.45) is 0 Å². The molecule has 0 saturated heterocycles. The number of anilines is 2. The van der Waals surface area contributed by atoms with Gasteiger partial charge in [0.2, 0.25) is 5.91 Å². The lowest BCUT2D eigenvalue weighted by Gasteiger charge is -2.26. The monoisotopic (exact) mass is 265 g/mol. The summed E-state index contributed by atoms with van der Waals surface area (Å²) in [4.78, 5) is 26.1. The zero-order valence-corrected chi connectivity index (χ0v) is 11.4. The van der Waals surface area contributed by atoms with E-state index in [1.807, 2.05) is 6.92 Å². The molecule has 0 aliphatic rings. The Labute approximate surface area is 112 Å². The Morgan fingerprint density at radius 1 is 1.32 bits per heavy atom. The van der Waals surface area contributed by atoms with Gasteiger partial charge in [0.05, 0.1) is 23.5 Å². The molecule has 1 aromatic carbocycles. The fourth-order valence-corrected chi connectivity index (χ4v) is 1.74. The smallest absolute Gasteiger partial charge is 0.337 e. The summed E-state index contributed by atoms with van der Waals surface area (Å²) in [7, 11) is 3.31. The molecule has 0 saturated carbocycles. The number of carboxylic acids is 1. The summed E-state index contributed by atoms with van der Waals surface area (Å²) in [6.07, 6.45) is 0. The summed E-state index contributed by atoms with van der Waals surface area (Å²) in [5.74, 6) is -1.17. The summed E-state index contributed by atoms with van der Waals surface area (Å²) in [5.41, 5.74) is 6.71. The van der Waals surface area contributed by atoms with E-state index in [1.54, 1.807) is 31.1 Å². The molecule has 0 aliphatic carbocycles. The Morgan fingerprint density at radius 3 is 2.42 bits per heavy atom. The number of rotatable bonds is 5. The number of nitrogens with two attached hydrogens (primary N) is 1. The Kier molecular flexibility index (Phi) is 4.74. The molecule has 0 bridgehead atoms. The third-order valence-electron chi connectivity index (χ3n) is 2.82. The van der Waals surface area contributed by atoms with Crippen molar-refractivity contribution in [2.45, 2.75) is 6.92 Å². The molecule has 0 spiro atoms. The zero-order chi connectivity index (χ0) is 14.6. The maximum Gasteiger partial charge on any atom is 0.337 e. The van der Waals surface area contributed by atoms with Gasteiger partial charge >= 0.3 is 5.97 Å². The van der Waals surface area contributed by atoms with Crippen LogP contribution in [0.3, 0.4) is 0 Å². The highest BCUT2D eigenvalue weighted by Crippen LogP contribution is 2.27. The average Bonchev–Trinajstić information content (AvgIpc) is 2.35. The predicted octanol–water partition coefficient (Wildman–Crippen LogP) is 0.881. The van der Waals surface area contributed by atoms with Crippen LogP contribution in [0.25, 0.3) is 0 Å². The number of nitrogens with zero attached hydrogens (tertiary/aromatic N) is 2. The zero-order valence-electron chi connectivity index (χ0n) is 11.4. The number of para-hydroxylation sites is 1. The second-order valence-electron chi connectivity index (χ2n) is 4.35. The number of nitrogen functional groups attached to an aromatic ring is 1. The van der Waals surface area contributed by atoms with Gasteiger partial charge in [-0.05, 0) is 19.1 Å². The van der Waals surface area contributed by atoms with Crippen LogP contribution < -0.4 is 10.6 Å². The van der Waals surface area contributed by atoms with E-state index < -0.39 is 5.97 Å². The van der Waals surface area contributed by atoms with E-state index in [0.717, 1.165) is 0 Å². The van der Waals surface area contributed by atoms with E-state index in [-0.39, 0.29) is 18.0 Å². The standard InChI is InChI=1S/C13H19N3O3/c1-4-16(8-11(17)15(2)3)12-9(13(18)19)6-5-7-10(12)14/h5-7H,4,8,14H2,1-3H3,(H,18,19). The number of hydrogen-bond donors (Lipinski definition) is 2. The van der Waals surface area contributed by atoms with E-state index in [1.165, 1.54) is 11.0 Å². The van der Waals surface area contributed by atoms with Crippen LogP contribution in [0.15, 0.2) is 18.2 Å². The molecule has 1 aromatic rings. The molecule has 1 amide bonds. The number of likely N-dealkylation sites (N-methyl/N-ethyl adjacent to an activating group) is 2. The molecule has 1 rings (SSSR count). The van der Waals surface area contributed by atoms with Crippen LogP contribution in [-0.4, -0.2) is 49.1 Å². The van der Waals surface area contributed by atoms with E-state index >= 15 is 0 Å². The third kappa shape index (κ3) is 3.37. The van der Waals surface area contributed by atoms with Gasteiger partial charge in [0.1, 0.15) is 0 Å². The van der Waals surface area contributed by atoms with Crippen LogP contribution in [0.5, 0.6) is 0 Å². The Hall–Kier alpha value is -2.24. The fraction of sp³-hybridized carbons (Fsp3) is 0.385. The highest BCUT2D eigenvalue weighted by Gasteiger charge is 2.20. The predicted molar refractivity (Wildman–Crippen MR) is 74.4 cm³/mol. The summed E-state index contributed by atoms with van der Waals surface area (Å²) in [6, 6.07) is 4.70. The first-order valence-corrected chi connectivity index (χ1v) is 5.95. The van der Waals surface area contributed by atoms with Crippen LogP contribution in [0.1, 0.15) is 17.3 Å². The van der Waals surface area contributed by atoms with E-state index in [2.05, 4.69) is 0 Å². The molecule has 0 heterocycles. The molecular formula is C13H19N3O3. The van der Waals surface area contributed by atoms with Gasteiger partial charge < -0.3 is 20.6 Å². The van der Waals surface area contributed by atoms with Crippen LogP contribution in [0.4, 0.5) is 11.4 Å². The SMILES string of the molecule is CCN(CC(=O)N(C)C)c1c(N)cccc1C(=O)O. The summed E-state index contributed by atoms with van der Waals surface area (Å²) in [5, 5.41) is 9.20. The van der Waals surface area contributed by atoms with Crippen molar-refractivity contribution >= 4 is 23.3 Å². The minimum absolute atomic E-state index is 0.0952. The largest absolute Gasteiger partial charge is 0.478 e. The summed E-state index contributed by atoms with van der Waals surface area (Å²) in [6.45, 7) is 2.44. The number of amides is 1. The van der Waals surface area contributed by atoms with Gasteiger partial charge in [-0.3, -0.25) is 4.79 Å². The van der Waals surface area contributed by atoms with Crippen LogP contribution in [0, 0.1) is 0 Å². The number of carboxylic acid groups (broad SMARTS) is 1. The van der Waals surface area contributed by atoms with Gasteiger partial charge in [0, 0.05) is 20.6 Å². The molecule has 0 fully saturated rings. The molecule has 0 aliphatic heterocycles. The Balaban J connectivity index is 3.17. The van der Waals surface area contributed by atoms with Gasteiger partial charge in [-0.1, -0.05) is 6.07 Å². The third-order valence-corrected chi connectivity index (χ3v) is 2.82. The molecule has 0 aromatic heterocycles. The molecule has 0 atom stereocenters. The Bertz CT molecular complexity index is 486. The fourth-order valence-electron chi connectivity index (χ4n) is 1.74. The molecular weight excluding hydrogens is 246 g/mol. The van der Waals surface area contributed by atoms with Crippen molar-refractivity contribution < 1.29 is 14.7 Å². The van der Waals surface area contributed by atoms with Crippen molar-refractivity contribution in [3.8, 4) is 0 Å². The van der Waals surface area contributed by atoms with Gasteiger partial charge in [-0.25, -0.2) is 4.79 Å².